The largest absolute Gasteiger partial charge is 0.488 e. The molecular formula is C29H31FN2O4S. The molecule has 6 nitrogen and oxygen atoms in total. The van der Waals surface area contributed by atoms with Crippen molar-refractivity contribution in [1.82, 2.24) is 9.80 Å². The van der Waals surface area contributed by atoms with Gasteiger partial charge in [0.2, 0.25) is 5.91 Å². The number of rotatable bonds is 8. The Balaban J connectivity index is 1.36. The van der Waals surface area contributed by atoms with Gasteiger partial charge < -0.3 is 19.3 Å². The molecule has 0 aliphatic carbocycles. The van der Waals surface area contributed by atoms with Crippen LogP contribution in [0.25, 0.3) is 0 Å². The quantitative estimate of drug-likeness (QED) is 0.417. The standard InChI is InChI=1S/C29H31FN2O4S/c1-20-8-10-21(11-9-20)29(34)31(17-22-5-4-15-35-22)18-28(33)32-14-12-27-23(13-16-37-27)25(32)19-36-26-7-3-2-6-24(26)30/h2-3,6-11,13,16,22,25H,4-5,12,14-15,17-19H2,1H3/t22-,25+/m1/s1. The van der Waals surface area contributed by atoms with Gasteiger partial charge in [0, 0.05) is 30.1 Å². The van der Waals surface area contributed by atoms with Gasteiger partial charge in [0.25, 0.3) is 5.91 Å². The lowest BCUT2D eigenvalue weighted by Gasteiger charge is -2.37. The number of aryl methyl sites for hydroxylation is 1. The number of ether oxygens (including phenoxy) is 2. The first-order valence-corrected chi connectivity index (χ1v) is 13.6. The Morgan fingerprint density at radius 3 is 2.73 bits per heavy atom. The minimum atomic E-state index is -0.437. The summed E-state index contributed by atoms with van der Waals surface area (Å²) >= 11 is 1.66. The molecule has 3 heterocycles. The van der Waals surface area contributed by atoms with Crippen LogP contribution in [-0.2, 0) is 16.0 Å². The summed E-state index contributed by atoms with van der Waals surface area (Å²) < 4.78 is 25.9. The maximum Gasteiger partial charge on any atom is 0.254 e. The Morgan fingerprint density at radius 2 is 1.97 bits per heavy atom. The van der Waals surface area contributed by atoms with Crippen molar-refractivity contribution in [3.05, 3.63) is 87.4 Å². The molecule has 8 heteroatoms. The van der Waals surface area contributed by atoms with E-state index in [-0.39, 0.29) is 42.9 Å². The third kappa shape index (κ3) is 5.86. The van der Waals surface area contributed by atoms with Crippen LogP contribution in [0.2, 0.25) is 0 Å². The van der Waals surface area contributed by atoms with Crippen LogP contribution in [0.1, 0.15) is 45.2 Å². The molecule has 0 radical (unpaired) electrons. The summed E-state index contributed by atoms with van der Waals surface area (Å²) in [7, 11) is 0. The smallest absolute Gasteiger partial charge is 0.254 e. The second-order valence-corrected chi connectivity index (χ2v) is 10.6. The maximum atomic E-state index is 14.2. The average Bonchev–Trinajstić information content (AvgIpc) is 3.60. The highest BCUT2D eigenvalue weighted by Gasteiger charge is 2.34. The van der Waals surface area contributed by atoms with E-state index in [9.17, 15) is 14.0 Å². The van der Waals surface area contributed by atoms with Gasteiger partial charge in [0.15, 0.2) is 11.6 Å². The maximum absolute atomic E-state index is 14.2. The second kappa shape index (κ2) is 11.4. The summed E-state index contributed by atoms with van der Waals surface area (Å²) in [5.74, 6) is -0.617. The first-order valence-electron chi connectivity index (χ1n) is 12.7. The normalized spacial score (nSPS) is 18.9. The van der Waals surface area contributed by atoms with E-state index < -0.39 is 5.82 Å². The van der Waals surface area contributed by atoms with Crippen LogP contribution < -0.4 is 4.74 Å². The van der Waals surface area contributed by atoms with E-state index in [1.54, 1.807) is 51.5 Å². The molecule has 0 bridgehead atoms. The van der Waals surface area contributed by atoms with Crippen molar-refractivity contribution >= 4 is 23.2 Å². The van der Waals surface area contributed by atoms with Crippen molar-refractivity contribution in [3.63, 3.8) is 0 Å². The number of carbonyl (C=O) groups excluding carboxylic acids is 2. The van der Waals surface area contributed by atoms with Gasteiger partial charge >= 0.3 is 0 Å². The number of halogens is 1. The minimum Gasteiger partial charge on any atom is -0.488 e. The molecule has 3 aromatic rings. The predicted molar refractivity (Wildman–Crippen MR) is 140 cm³/mol. The van der Waals surface area contributed by atoms with Crippen molar-refractivity contribution in [1.29, 1.82) is 0 Å². The predicted octanol–water partition coefficient (Wildman–Crippen LogP) is 5.02. The van der Waals surface area contributed by atoms with Gasteiger partial charge in [0.05, 0.1) is 12.1 Å². The number of thiophene rings is 1. The van der Waals surface area contributed by atoms with Crippen LogP contribution in [0.5, 0.6) is 5.75 Å². The first-order chi connectivity index (χ1) is 18.0. The van der Waals surface area contributed by atoms with Crippen molar-refractivity contribution in [2.45, 2.75) is 38.3 Å². The molecule has 5 rings (SSSR count). The molecule has 0 N–H and O–H groups in total. The molecule has 2 aromatic carbocycles. The number of benzene rings is 2. The Labute approximate surface area is 220 Å². The van der Waals surface area contributed by atoms with Crippen LogP contribution in [0, 0.1) is 12.7 Å². The zero-order valence-corrected chi connectivity index (χ0v) is 21.7. The number of hydrogen-bond acceptors (Lipinski definition) is 5. The Bertz CT molecular complexity index is 1240. The van der Waals surface area contributed by atoms with Gasteiger partial charge in [0.1, 0.15) is 13.2 Å². The Kier molecular flexibility index (Phi) is 7.86. The molecular weight excluding hydrogens is 491 g/mol. The number of para-hydroxylation sites is 1. The Morgan fingerprint density at radius 1 is 1.16 bits per heavy atom. The lowest BCUT2D eigenvalue weighted by molar-refractivity contribution is -0.135. The van der Waals surface area contributed by atoms with Gasteiger partial charge in [-0.2, -0.15) is 0 Å². The molecule has 0 saturated carbocycles. The number of carbonyl (C=O) groups is 2. The van der Waals surface area contributed by atoms with Crippen LogP contribution in [-0.4, -0.2) is 60.6 Å². The third-order valence-corrected chi connectivity index (χ3v) is 8.00. The highest BCUT2D eigenvalue weighted by atomic mass is 32.1. The Hall–Kier alpha value is -3.23. The van der Waals surface area contributed by atoms with Gasteiger partial charge in [-0.3, -0.25) is 9.59 Å². The van der Waals surface area contributed by atoms with Gasteiger partial charge in [-0.25, -0.2) is 4.39 Å². The fourth-order valence-electron chi connectivity index (χ4n) is 4.99. The monoisotopic (exact) mass is 522 g/mol. The van der Waals surface area contributed by atoms with E-state index >= 15 is 0 Å². The summed E-state index contributed by atoms with van der Waals surface area (Å²) in [6.45, 7) is 3.61. The van der Waals surface area contributed by atoms with E-state index in [4.69, 9.17) is 9.47 Å². The number of hydrogen-bond donors (Lipinski definition) is 0. The van der Waals surface area contributed by atoms with Gasteiger partial charge in [-0.05, 0) is 67.5 Å². The molecule has 1 fully saturated rings. The fourth-order valence-corrected chi connectivity index (χ4v) is 5.92. The zero-order valence-electron chi connectivity index (χ0n) is 20.9. The molecule has 1 aromatic heterocycles. The average molecular weight is 523 g/mol. The second-order valence-electron chi connectivity index (χ2n) is 9.58. The minimum absolute atomic E-state index is 0.0533. The molecule has 2 amide bonds. The molecule has 2 aliphatic heterocycles. The summed E-state index contributed by atoms with van der Waals surface area (Å²) in [6, 6.07) is 15.3. The number of fused-ring (bicyclic) bond motifs is 1. The lowest BCUT2D eigenvalue weighted by atomic mass is 10.00. The third-order valence-electron chi connectivity index (χ3n) is 7.01. The molecule has 0 unspecified atom stereocenters. The molecule has 1 saturated heterocycles. The van der Waals surface area contributed by atoms with E-state index in [2.05, 4.69) is 0 Å². The van der Waals surface area contributed by atoms with Gasteiger partial charge in [-0.15, -0.1) is 11.3 Å². The summed E-state index contributed by atoms with van der Waals surface area (Å²) in [5.41, 5.74) is 2.64. The highest BCUT2D eigenvalue weighted by molar-refractivity contribution is 7.10. The fraction of sp³-hybridized carbons (Fsp3) is 0.379. The number of amides is 2. The van der Waals surface area contributed by atoms with Crippen LogP contribution in [0.4, 0.5) is 4.39 Å². The lowest BCUT2D eigenvalue weighted by Crippen LogP contribution is -2.49. The molecule has 194 valence electrons. The van der Waals surface area contributed by atoms with Crippen molar-refractivity contribution < 1.29 is 23.5 Å². The van der Waals surface area contributed by atoms with Crippen LogP contribution >= 0.6 is 11.3 Å². The number of nitrogens with zero attached hydrogens (tertiary/aromatic N) is 2. The molecule has 0 spiro atoms. The SMILES string of the molecule is Cc1ccc(C(=O)N(CC(=O)N2CCc3sccc3[C@@H]2COc2ccccc2F)C[C@H]2CCCO2)cc1. The summed E-state index contributed by atoms with van der Waals surface area (Å²) in [6.07, 6.45) is 2.49. The van der Waals surface area contributed by atoms with Crippen molar-refractivity contribution in [2.75, 3.05) is 32.8 Å². The summed E-state index contributed by atoms with van der Waals surface area (Å²) in [4.78, 5) is 31.8. The topological polar surface area (TPSA) is 59.1 Å². The van der Waals surface area contributed by atoms with Crippen molar-refractivity contribution in [3.8, 4) is 5.75 Å². The van der Waals surface area contributed by atoms with E-state index in [1.807, 2.05) is 30.5 Å². The van der Waals surface area contributed by atoms with E-state index in [1.165, 1.54) is 10.9 Å². The summed E-state index contributed by atoms with van der Waals surface area (Å²) in [5, 5.41) is 2.01. The van der Waals surface area contributed by atoms with Gasteiger partial charge in [-0.1, -0.05) is 29.8 Å². The van der Waals surface area contributed by atoms with Crippen molar-refractivity contribution in [2.24, 2.45) is 0 Å². The molecule has 2 aliphatic rings. The zero-order chi connectivity index (χ0) is 25.8. The molecule has 2 atom stereocenters. The van der Waals surface area contributed by atoms with E-state index in [0.29, 0.717) is 25.3 Å². The van der Waals surface area contributed by atoms with Crippen LogP contribution in [0.3, 0.4) is 0 Å². The van der Waals surface area contributed by atoms with E-state index in [0.717, 1.165) is 30.4 Å². The van der Waals surface area contributed by atoms with Crippen LogP contribution in [0.15, 0.2) is 60.0 Å². The molecule has 37 heavy (non-hydrogen) atoms. The highest BCUT2D eigenvalue weighted by Crippen LogP contribution is 2.34. The first kappa shape index (κ1) is 25.4.